The largest absolute Gasteiger partial charge is 0.445 e. The number of ether oxygens (including phenoxy) is 1. The van der Waals surface area contributed by atoms with E-state index in [0.29, 0.717) is 17.9 Å². The van der Waals surface area contributed by atoms with E-state index in [4.69, 9.17) is 10.00 Å². The van der Waals surface area contributed by atoms with Crippen molar-refractivity contribution in [2.45, 2.75) is 6.42 Å². The average molecular weight is 223 g/mol. The summed E-state index contributed by atoms with van der Waals surface area (Å²) in [5.74, 6) is 0.690. The third kappa shape index (κ3) is 1.58. The predicted octanol–water partition coefficient (Wildman–Crippen LogP) is 2.21. The van der Waals surface area contributed by atoms with E-state index in [0.717, 1.165) is 11.3 Å². The van der Waals surface area contributed by atoms with Crippen LogP contribution in [0.3, 0.4) is 0 Å². The number of aromatic nitrogens is 2. The van der Waals surface area contributed by atoms with Crippen molar-refractivity contribution in [2.24, 2.45) is 0 Å². The molecule has 0 unspecified atom stereocenters. The Morgan fingerprint density at radius 2 is 2.12 bits per heavy atom. The normalized spacial score (nSPS) is 13.2. The van der Waals surface area contributed by atoms with Crippen LogP contribution in [0.1, 0.15) is 5.56 Å². The van der Waals surface area contributed by atoms with Crippen LogP contribution in [0.2, 0.25) is 0 Å². The first-order chi connectivity index (χ1) is 8.38. The molecule has 0 radical (unpaired) electrons. The Kier molecular flexibility index (Phi) is 2.16. The van der Waals surface area contributed by atoms with Gasteiger partial charge < -0.3 is 4.74 Å². The number of nitrogens with zero attached hydrogens (tertiary/aromatic N) is 3. The summed E-state index contributed by atoms with van der Waals surface area (Å²) in [4.78, 5) is 0. The van der Waals surface area contributed by atoms with E-state index in [1.807, 2.05) is 30.3 Å². The topological polar surface area (TPSA) is 50.8 Å². The first kappa shape index (κ1) is 9.67. The molecule has 0 spiro atoms. The highest BCUT2D eigenvalue weighted by molar-refractivity contribution is 5.43. The number of benzene rings is 1. The van der Waals surface area contributed by atoms with E-state index in [-0.39, 0.29) is 0 Å². The van der Waals surface area contributed by atoms with E-state index < -0.39 is 0 Å². The molecular weight excluding hydrogens is 214 g/mol. The smallest absolute Gasteiger partial charge is 0.225 e. The second-order valence-electron chi connectivity index (χ2n) is 3.77. The van der Waals surface area contributed by atoms with Crippen LogP contribution in [0.15, 0.2) is 48.4 Å². The molecule has 0 saturated heterocycles. The van der Waals surface area contributed by atoms with Gasteiger partial charge >= 0.3 is 0 Å². The summed E-state index contributed by atoms with van der Waals surface area (Å²) in [7, 11) is 0. The second-order valence-corrected chi connectivity index (χ2v) is 3.77. The van der Waals surface area contributed by atoms with E-state index >= 15 is 0 Å². The minimum atomic E-state index is 0.582. The number of rotatable bonds is 1. The van der Waals surface area contributed by atoms with Gasteiger partial charge in [0.25, 0.3) is 0 Å². The van der Waals surface area contributed by atoms with Crippen LogP contribution < -0.4 is 4.74 Å². The number of hydrogen-bond acceptors (Lipinski definition) is 3. The molecule has 1 aromatic heterocycles. The average Bonchev–Trinajstić information content (AvgIpc) is 2.82. The van der Waals surface area contributed by atoms with Gasteiger partial charge in [0.05, 0.1) is 23.5 Å². The van der Waals surface area contributed by atoms with Gasteiger partial charge in [0.2, 0.25) is 5.88 Å². The first-order valence-corrected chi connectivity index (χ1v) is 5.26. The van der Waals surface area contributed by atoms with Gasteiger partial charge in [-0.05, 0) is 12.1 Å². The third-order valence-corrected chi connectivity index (χ3v) is 2.63. The van der Waals surface area contributed by atoms with Crippen molar-refractivity contribution < 1.29 is 4.74 Å². The standard InChI is InChI=1S/C13H9N3O/c14-7-10-6-11-8-15-16(13(11)17-9-10)12-4-2-1-3-5-12/h1-5,8-9H,6H2. The number of fused-ring (bicyclic) bond motifs is 1. The molecule has 1 aromatic carbocycles. The van der Waals surface area contributed by atoms with Gasteiger partial charge in [-0.2, -0.15) is 10.4 Å². The summed E-state index contributed by atoms with van der Waals surface area (Å²) in [6.07, 6.45) is 3.81. The van der Waals surface area contributed by atoms with Gasteiger partial charge in [-0.1, -0.05) is 18.2 Å². The van der Waals surface area contributed by atoms with Gasteiger partial charge in [0.15, 0.2) is 0 Å². The van der Waals surface area contributed by atoms with Gasteiger partial charge in [0, 0.05) is 12.0 Å². The molecule has 2 heterocycles. The Bertz CT molecular complexity index is 620. The van der Waals surface area contributed by atoms with Crippen molar-refractivity contribution >= 4 is 0 Å². The number of hydrogen-bond donors (Lipinski definition) is 0. The van der Waals surface area contributed by atoms with Gasteiger partial charge in [-0.3, -0.25) is 0 Å². The number of para-hydroxylation sites is 1. The van der Waals surface area contributed by atoms with Crippen LogP contribution in [0.4, 0.5) is 0 Å². The molecule has 0 atom stereocenters. The molecule has 1 aliphatic rings. The summed E-state index contributed by atoms with van der Waals surface area (Å²) in [6, 6.07) is 11.9. The van der Waals surface area contributed by atoms with Crippen molar-refractivity contribution in [3.05, 3.63) is 53.9 Å². The molecule has 0 bridgehead atoms. The van der Waals surface area contributed by atoms with Gasteiger partial charge in [-0.15, -0.1) is 0 Å². The summed E-state index contributed by atoms with van der Waals surface area (Å²) in [5, 5.41) is 13.1. The van der Waals surface area contributed by atoms with E-state index in [9.17, 15) is 0 Å². The fourth-order valence-electron chi connectivity index (χ4n) is 1.81. The van der Waals surface area contributed by atoms with Gasteiger partial charge in [-0.25, -0.2) is 4.68 Å². The molecule has 0 N–H and O–H groups in total. The maximum Gasteiger partial charge on any atom is 0.225 e. The molecule has 0 fully saturated rings. The molecule has 0 saturated carbocycles. The lowest BCUT2D eigenvalue weighted by atomic mass is 10.1. The molecule has 3 rings (SSSR count). The van der Waals surface area contributed by atoms with Crippen molar-refractivity contribution in [3.8, 4) is 17.6 Å². The van der Waals surface area contributed by atoms with Crippen molar-refractivity contribution in [1.82, 2.24) is 9.78 Å². The summed E-state index contributed by atoms with van der Waals surface area (Å²) in [6.45, 7) is 0. The molecule has 4 heteroatoms. The third-order valence-electron chi connectivity index (χ3n) is 2.63. The fourth-order valence-corrected chi connectivity index (χ4v) is 1.81. The van der Waals surface area contributed by atoms with E-state index in [1.165, 1.54) is 6.26 Å². The number of nitriles is 1. The Morgan fingerprint density at radius 1 is 1.29 bits per heavy atom. The summed E-state index contributed by atoms with van der Waals surface area (Å²) >= 11 is 0. The Morgan fingerprint density at radius 3 is 2.88 bits per heavy atom. The molecule has 17 heavy (non-hydrogen) atoms. The molecule has 4 nitrogen and oxygen atoms in total. The van der Waals surface area contributed by atoms with Crippen LogP contribution in [0.25, 0.3) is 5.69 Å². The SMILES string of the molecule is N#CC1=COc2c(cnn2-c2ccccc2)C1. The summed E-state index contributed by atoms with van der Waals surface area (Å²) in [5.41, 5.74) is 2.50. The Labute approximate surface area is 98.4 Å². The highest BCUT2D eigenvalue weighted by Crippen LogP contribution is 2.28. The lowest BCUT2D eigenvalue weighted by Crippen LogP contribution is -2.05. The maximum absolute atomic E-state index is 8.81. The summed E-state index contributed by atoms with van der Waals surface area (Å²) < 4.78 is 7.20. The lowest BCUT2D eigenvalue weighted by molar-refractivity contribution is 0.425. The highest BCUT2D eigenvalue weighted by Gasteiger charge is 2.18. The first-order valence-electron chi connectivity index (χ1n) is 5.26. The van der Waals surface area contributed by atoms with Crippen molar-refractivity contribution in [2.75, 3.05) is 0 Å². The predicted molar refractivity (Wildman–Crippen MR) is 61.6 cm³/mol. The molecule has 0 amide bonds. The fraction of sp³-hybridized carbons (Fsp3) is 0.0769. The zero-order valence-electron chi connectivity index (χ0n) is 9.00. The monoisotopic (exact) mass is 223 g/mol. The minimum Gasteiger partial charge on any atom is -0.445 e. The van der Waals surface area contributed by atoms with Crippen LogP contribution in [0, 0.1) is 11.3 Å². The molecule has 2 aromatic rings. The Hall–Kier alpha value is -2.54. The zero-order valence-corrected chi connectivity index (χ0v) is 9.00. The quantitative estimate of drug-likeness (QED) is 0.744. The number of allylic oxidation sites excluding steroid dienone is 1. The lowest BCUT2D eigenvalue weighted by Gasteiger charge is -2.12. The Balaban J connectivity index is 2.04. The van der Waals surface area contributed by atoms with Crippen LogP contribution >= 0.6 is 0 Å². The van der Waals surface area contributed by atoms with Crippen molar-refractivity contribution in [3.63, 3.8) is 0 Å². The molecule has 0 aliphatic carbocycles. The van der Waals surface area contributed by atoms with E-state index in [2.05, 4.69) is 11.2 Å². The maximum atomic E-state index is 8.81. The molecular formula is C13H9N3O. The zero-order chi connectivity index (χ0) is 11.7. The van der Waals surface area contributed by atoms with Crippen LogP contribution in [-0.2, 0) is 6.42 Å². The van der Waals surface area contributed by atoms with Crippen LogP contribution in [-0.4, -0.2) is 9.78 Å². The van der Waals surface area contributed by atoms with Crippen molar-refractivity contribution in [1.29, 1.82) is 5.26 Å². The minimum absolute atomic E-state index is 0.582. The van der Waals surface area contributed by atoms with Gasteiger partial charge in [0.1, 0.15) is 6.26 Å². The van der Waals surface area contributed by atoms with E-state index in [1.54, 1.807) is 10.9 Å². The van der Waals surface area contributed by atoms with Crippen LogP contribution in [0.5, 0.6) is 5.88 Å². The highest BCUT2D eigenvalue weighted by atomic mass is 16.5. The molecule has 1 aliphatic heterocycles. The second kappa shape index (κ2) is 3.80. The molecule has 82 valence electrons.